The number of nitrogens with zero attached hydrogens (tertiary/aromatic N) is 3. The standard InChI is InChI=1S/C22H28N4O2S/c1-17-23-20-7-4-5-8-21(20)26(17)15-18-9-11-19(12-10-18)29(27,28)24-25-14-6-13-22(2,3)16-25/h4-5,7-12,24H,6,13-16H2,1-3H3. The smallest absolute Gasteiger partial charge is 0.253 e. The summed E-state index contributed by atoms with van der Waals surface area (Å²) in [4.78, 5) is 7.64. The Morgan fingerprint density at radius 2 is 1.83 bits per heavy atom. The van der Waals surface area contributed by atoms with Crippen LogP contribution in [0, 0.1) is 12.3 Å². The quantitative estimate of drug-likeness (QED) is 0.694. The van der Waals surface area contributed by atoms with Gasteiger partial charge in [-0.05, 0) is 55.0 Å². The summed E-state index contributed by atoms with van der Waals surface area (Å²) in [5.41, 5.74) is 3.21. The maximum Gasteiger partial charge on any atom is 0.253 e. The Morgan fingerprint density at radius 1 is 1.10 bits per heavy atom. The third-order valence-electron chi connectivity index (χ3n) is 5.57. The molecule has 0 bridgehead atoms. The van der Waals surface area contributed by atoms with Crippen LogP contribution in [0.3, 0.4) is 0 Å². The first-order valence-corrected chi connectivity index (χ1v) is 11.5. The number of hydrogen-bond donors (Lipinski definition) is 1. The van der Waals surface area contributed by atoms with Crippen LogP contribution in [0.4, 0.5) is 0 Å². The summed E-state index contributed by atoms with van der Waals surface area (Å²) in [6.07, 6.45) is 2.11. The zero-order valence-electron chi connectivity index (χ0n) is 17.2. The Kier molecular flexibility index (Phi) is 5.23. The predicted octanol–water partition coefficient (Wildman–Crippen LogP) is 3.71. The van der Waals surface area contributed by atoms with Gasteiger partial charge in [-0.15, -0.1) is 4.83 Å². The molecular formula is C22H28N4O2S. The molecule has 1 aliphatic heterocycles. The fraction of sp³-hybridized carbons (Fsp3) is 0.409. The minimum atomic E-state index is -3.57. The summed E-state index contributed by atoms with van der Waals surface area (Å²) in [6, 6.07) is 15.2. The molecule has 1 aliphatic rings. The largest absolute Gasteiger partial charge is 0.324 e. The van der Waals surface area contributed by atoms with Crippen LogP contribution in [0.5, 0.6) is 0 Å². The average Bonchev–Trinajstić information content (AvgIpc) is 2.96. The lowest BCUT2D eigenvalue weighted by Gasteiger charge is -2.37. The van der Waals surface area contributed by atoms with Crippen molar-refractivity contribution in [2.45, 2.75) is 45.1 Å². The van der Waals surface area contributed by atoms with Crippen molar-refractivity contribution in [1.29, 1.82) is 0 Å². The number of imidazole rings is 1. The van der Waals surface area contributed by atoms with E-state index in [2.05, 4.69) is 34.3 Å². The second-order valence-corrected chi connectivity index (χ2v) is 10.3. The van der Waals surface area contributed by atoms with Crippen molar-refractivity contribution >= 4 is 21.1 Å². The Balaban J connectivity index is 1.50. The zero-order chi connectivity index (χ0) is 20.6. The number of hydrogen-bond acceptors (Lipinski definition) is 4. The summed E-state index contributed by atoms with van der Waals surface area (Å²) in [7, 11) is -3.57. The molecule has 7 heteroatoms. The van der Waals surface area contributed by atoms with Crippen LogP contribution in [-0.4, -0.2) is 36.1 Å². The predicted molar refractivity (Wildman–Crippen MR) is 115 cm³/mol. The molecule has 0 aliphatic carbocycles. The van der Waals surface area contributed by atoms with E-state index >= 15 is 0 Å². The average molecular weight is 413 g/mol. The first kappa shape index (κ1) is 20.1. The van der Waals surface area contributed by atoms with Crippen LogP contribution in [0.2, 0.25) is 0 Å². The molecule has 4 rings (SSSR count). The van der Waals surface area contributed by atoms with Gasteiger partial charge in [-0.2, -0.15) is 0 Å². The third-order valence-corrected chi connectivity index (χ3v) is 6.96. The fourth-order valence-corrected chi connectivity index (χ4v) is 5.17. The normalized spacial score (nSPS) is 17.6. The van der Waals surface area contributed by atoms with Crippen LogP contribution in [0.1, 0.15) is 38.1 Å². The lowest BCUT2D eigenvalue weighted by atomic mass is 9.85. The number of rotatable bonds is 5. The van der Waals surface area contributed by atoms with E-state index in [9.17, 15) is 8.42 Å². The number of nitrogens with one attached hydrogen (secondary N) is 1. The van der Waals surface area contributed by atoms with Crippen LogP contribution in [0.25, 0.3) is 11.0 Å². The highest BCUT2D eigenvalue weighted by atomic mass is 32.2. The maximum absolute atomic E-state index is 12.8. The molecule has 1 saturated heterocycles. The number of hydrazine groups is 1. The maximum atomic E-state index is 12.8. The Morgan fingerprint density at radius 3 is 2.55 bits per heavy atom. The summed E-state index contributed by atoms with van der Waals surface area (Å²) in [5.74, 6) is 0.942. The van der Waals surface area contributed by atoms with E-state index in [0.717, 1.165) is 48.4 Å². The van der Waals surface area contributed by atoms with E-state index in [-0.39, 0.29) is 10.3 Å². The zero-order valence-corrected chi connectivity index (χ0v) is 18.0. The molecule has 2 heterocycles. The van der Waals surface area contributed by atoms with Gasteiger partial charge in [0.15, 0.2) is 0 Å². The van der Waals surface area contributed by atoms with Crippen molar-refractivity contribution in [3.05, 3.63) is 59.9 Å². The van der Waals surface area contributed by atoms with E-state index in [1.807, 2.05) is 42.3 Å². The molecule has 6 nitrogen and oxygen atoms in total. The Hall–Kier alpha value is -2.22. The molecular weight excluding hydrogens is 384 g/mol. The van der Waals surface area contributed by atoms with Gasteiger partial charge in [0.2, 0.25) is 0 Å². The lowest BCUT2D eigenvalue weighted by Crippen LogP contribution is -2.49. The van der Waals surface area contributed by atoms with Gasteiger partial charge < -0.3 is 4.57 Å². The number of benzene rings is 2. The molecule has 0 spiro atoms. The number of piperidine rings is 1. The van der Waals surface area contributed by atoms with Gasteiger partial charge in [-0.3, -0.25) is 0 Å². The number of aromatic nitrogens is 2. The van der Waals surface area contributed by atoms with E-state index in [4.69, 9.17) is 0 Å². The molecule has 154 valence electrons. The number of fused-ring (bicyclic) bond motifs is 1. The Labute approximate surface area is 172 Å². The van der Waals surface area contributed by atoms with E-state index in [1.165, 1.54) is 0 Å². The summed E-state index contributed by atoms with van der Waals surface area (Å²) < 4.78 is 27.7. The van der Waals surface area contributed by atoms with E-state index < -0.39 is 10.0 Å². The second-order valence-electron chi connectivity index (χ2n) is 8.66. The topological polar surface area (TPSA) is 67.2 Å². The van der Waals surface area contributed by atoms with Crippen molar-refractivity contribution in [2.24, 2.45) is 5.41 Å². The Bertz CT molecular complexity index is 1120. The summed E-state index contributed by atoms with van der Waals surface area (Å²) in [6.45, 7) is 8.45. The minimum absolute atomic E-state index is 0.121. The number of para-hydroxylation sites is 2. The van der Waals surface area contributed by atoms with Crippen LogP contribution in [-0.2, 0) is 16.6 Å². The van der Waals surface area contributed by atoms with Gasteiger partial charge >= 0.3 is 0 Å². The SMILES string of the molecule is Cc1nc2ccccc2n1Cc1ccc(S(=O)(=O)NN2CCCC(C)(C)C2)cc1. The number of aryl methyl sites for hydroxylation is 1. The molecule has 1 fully saturated rings. The van der Waals surface area contributed by atoms with E-state index in [1.54, 1.807) is 12.1 Å². The van der Waals surface area contributed by atoms with Crippen LogP contribution in [0.15, 0.2) is 53.4 Å². The monoisotopic (exact) mass is 412 g/mol. The molecule has 0 saturated carbocycles. The van der Waals surface area contributed by atoms with E-state index in [0.29, 0.717) is 6.54 Å². The molecule has 1 N–H and O–H groups in total. The van der Waals surface area contributed by atoms with Gasteiger partial charge in [0.05, 0.1) is 15.9 Å². The summed E-state index contributed by atoms with van der Waals surface area (Å²) in [5, 5.41) is 1.83. The highest BCUT2D eigenvalue weighted by Gasteiger charge is 2.29. The van der Waals surface area contributed by atoms with Crippen molar-refractivity contribution in [3.63, 3.8) is 0 Å². The van der Waals surface area contributed by atoms with Crippen LogP contribution < -0.4 is 4.83 Å². The van der Waals surface area contributed by atoms with Crippen molar-refractivity contribution in [1.82, 2.24) is 19.4 Å². The molecule has 29 heavy (non-hydrogen) atoms. The van der Waals surface area contributed by atoms with Gasteiger partial charge in [0.1, 0.15) is 5.82 Å². The molecule has 0 amide bonds. The third kappa shape index (κ3) is 4.37. The van der Waals surface area contributed by atoms with Crippen molar-refractivity contribution in [3.8, 4) is 0 Å². The van der Waals surface area contributed by atoms with Gasteiger partial charge in [-0.1, -0.05) is 38.1 Å². The number of sulfonamides is 1. The second kappa shape index (κ2) is 7.55. The highest BCUT2D eigenvalue weighted by Crippen LogP contribution is 2.28. The lowest BCUT2D eigenvalue weighted by molar-refractivity contribution is 0.0989. The molecule has 0 atom stereocenters. The first-order valence-electron chi connectivity index (χ1n) is 10.0. The van der Waals surface area contributed by atoms with Gasteiger partial charge in [0, 0.05) is 19.6 Å². The first-order chi connectivity index (χ1) is 13.7. The molecule has 0 radical (unpaired) electrons. The van der Waals surface area contributed by atoms with Crippen molar-refractivity contribution < 1.29 is 8.42 Å². The molecule has 0 unspecified atom stereocenters. The van der Waals surface area contributed by atoms with Gasteiger partial charge in [-0.25, -0.2) is 18.4 Å². The van der Waals surface area contributed by atoms with Crippen molar-refractivity contribution in [2.75, 3.05) is 13.1 Å². The molecule has 3 aromatic rings. The summed E-state index contributed by atoms with van der Waals surface area (Å²) >= 11 is 0. The minimum Gasteiger partial charge on any atom is -0.324 e. The van der Waals surface area contributed by atoms with Gasteiger partial charge in [0.25, 0.3) is 10.0 Å². The molecule has 1 aromatic heterocycles. The molecule has 2 aromatic carbocycles. The highest BCUT2D eigenvalue weighted by molar-refractivity contribution is 7.89. The van der Waals surface area contributed by atoms with Crippen LogP contribution >= 0.6 is 0 Å². The fourth-order valence-electron chi connectivity index (χ4n) is 4.08.